The summed E-state index contributed by atoms with van der Waals surface area (Å²) in [6.07, 6.45) is 1.48. The van der Waals surface area contributed by atoms with Crippen LogP contribution < -0.4 is 14.9 Å². The van der Waals surface area contributed by atoms with Gasteiger partial charge in [0, 0.05) is 30.0 Å². The zero-order chi connectivity index (χ0) is 22.4. The molecule has 31 heavy (non-hydrogen) atoms. The zero-order valence-electron chi connectivity index (χ0n) is 17.9. The summed E-state index contributed by atoms with van der Waals surface area (Å²) >= 11 is 0. The van der Waals surface area contributed by atoms with E-state index in [-0.39, 0.29) is 17.3 Å². The molecule has 0 aliphatic carbocycles. The third-order valence-electron chi connectivity index (χ3n) is 5.03. The molecule has 3 aromatic rings. The summed E-state index contributed by atoms with van der Waals surface area (Å²) in [7, 11) is -3.80. The van der Waals surface area contributed by atoms with Gasteiger partial charge in [-0.3, -0.25) is 4.79 Å². The molecular weight excluding hydrogens is 414 g/mol. The lowest BCUT2D eigenvalue weighted by atomic mass is 10.1. The minimum atomic E-state index is -3.80. The van der Waals surface area contributed by atoms with Crippen molar-refractivity contribution in [1.82, 2.24) is 4.72 Å². The Morgan fingerprint density at radius 1 is 1.03 bits per heavy atom. The van der Waals surface area contributed by atoms with Crippen molar-refractivity contribution in [2.45, 2.75) is 32.2 Å². The predicted octanol–water partition coefficient (Wildman–Crippen LogP) is 4.17. The van der Waals surface area contributed by atoms with Crippen LogP contribution in [0.4, 0.5) is 11.4 Å². The molecule has 0 aliphatic heterocycles. The summed E-state index contributed by atoms with van der Waals surface area (Å²) in [5, 5.41) is 2.85. The van der Waals surface area contributed by atoms with Gasteiger partial charge < -0.3 is 14.6 Å². The van der Waals surface area contributed by atoms with E-state index in [1.165, 1.54) is 18.4 Å². The van der Waals surface area contributed by atoms with Crippen molar-refractivity contribution < 1.29 is 17.6 Å². The minimum Gasteiger partial charge on any atom is -0.468 e. The molecule has 0 aliphatic rings. The molecule has 1 heterocycles. The zero-order valence-corrected chi connectivity index (χ0v) is 18.7. The predicted molar refractivity (Wildman–Crippen MR) is 122 cm³/mol. The summed E-state index contributed by atoms with van der Waals surface area (Å²) in [5.41, 5.74) is 2.70. The fourth-order valence-electron chi connectivity index (χ4n) is 3.22. The van der Waals surface area contributed by atoms with Crippen LogP contribution in [0.2, 0.25) is 0 Å². The standard InChI is InChI=1S/C23H27N3O4S/c1-4-26(5-2)19-11-9-18(10-12-19)25-23(27)22-15-21(13-8-17(22)3)31(28,29)24-16-20-7-6-14-30-20/h6-15,24H,4-5,16H2,1-3H3,(H,25,27). The number of amides is 1. The summed E-state index contributed by atoms with van der Waals surface area (Å²) < 4.78 is 32.9. The quantitative estimate of drug-likeness (QED) is 0.520. The van der Waals surface area contributed by atoms with E-state index < -0.39 is 10.0 Å². The van der Waals surface area contributed by atoms with E-state index in [4.69, 9.17) is 4.42 Å². The van der Waals surface area contributed by atoms with Crippen molar-refractivity contribution in [3.63, 3.8) is 0 Å². The Labute approximate surface area is 183 Å². The van der Waals surface area contributed by atoms with E-state index in [1.54, 1.807) is 25.1 Å². The van der Waals surface area contributed by atoms with Crippen molar-refractivity contribution >= 4 is 27.3 Å². The Kier molecular flexibility index (Phi) is 7.14. The lowest BCUT2D eigenvalue weighted by Gasteiger charge is -2.21. The molecule has 8 heteroatoms. The molecule has 0 bridgehead atoms. The Morgan fingerprint density at radius 2 is 1.74 bits per heavy atom. The van der Waals surface area contributed by atoms with E-state index in [1.807, 2.05) is 24.3 Å². The van der Waals surface area contributed by atoms with Gasteiger partial charge in [-0.25, -0.2) is 13.1 Å². The molecule has 3 rings (SSSR count). The summed E-state index contributed by atoms with van der Waals surface area (Å²) in [6.45, 7) is 7.78. The van der Waals surface area contributed by atoms with Gasteiger partial charge in [-0.1, -0.05) is 6.07 Å². The number of anilines is 2. The van der Waals surface area contributed by atoms with Crippen LogP contribution in [0.3, 0.4) is 0 Å². The lowest BCUT2D eigenvalue weighted by Crippen LogP contribution is -2.24. The van der Waals surface area contributed by atoms with Gasteiger partial charge >= 0.3 is 0 Å². The summed E-state index contributed by atoms with van der Waals surface area (Å²) in [4.78, 5) is 15.1. The molecule has 0 saturated heterocycles. The molecular formula is C23H27N3O4S. The topological polar surface area (TPSA) is 91.7 Å². The summed E-state index contributed by atoms with van der Waals surface area (Å²) in [5.74, 6) is 0.137. The van der Waals surface area contributed by atoms with Gasteiger partial charge in [0.05, 0.1) is 17.7 Å². The first-order valence-electron chi connectivity index (χ1n) is 10.1. The van der Waals surface area contributed by atoms with Gasteiger partial charge in [-0.05, 0) is 74.9 Å². The minimum absolute atomic E-state index is 0.0201. The van der Waals surface area contributed by atoms with E-state index in [2.05, 4.69) is 28.8 Å². The van der Waals surface area contributed by atoms with Crippen LogP contribution in [-0.2, 0) is 16.6 Å². The Hall–Kier alpha value is -3.10. The second kappa shape index (κ2) is 9.80. The second-order valence-electron chi connectivity index (χ2n) is 7.05. The molecule has 7 nitrogen and oxygen atoms in total. The van der Waals surface area contributed by atoms with Crippen LogP contribution in [0.1, 0.15) is 35.5 Å². The van der Waals surface area contributed by atoms with Gasteiger partial charge in [-0.2, -0.15) is 0 Å². The number of aryl methyl sites for hydroxylation is 1. The first kappa shape index (κ1) is 22.6. The number of nitrogens with zero attached hydrogens (tertiary/aromatic N) is 1. The van der Waals surface area contributed by atoms with Crippen LogP contribution in [0.15, 0.2) is 70.2 Å². The van der Waals surface area contributed by atoms with E-state index in [0.717, 1.165) is 18.8 Å². The number of rotatable bonds is 9. The normalized spacial score (nSPS) is 11.3. The van der Waals surface area contributed by atoms with Crippen molar-refractivity contribution in [1.29, 1.82) is 0 Å². The number of hydrogen-bond donors (Lipinski definition) is 2. The SMILES string of the molecule is CCN(CC)c1ccc(NC(=O)c2cc(S(=O)(=O)NCc3ccco3)ccc2C)cc1. The van der Waals surface area contributed by atoms with Crippen molar-refractivity contribution in [2.24, 2.45) is 0 Å². The highest BCUT2D eigenvalue weighted by Crippen LogP contribution is 2.21. The van der Waals surface area contributed by atoms with E-state index >= 15 is 0 Å². The van der Waals surface area contributed by atoms with Gasteiger partial charge in [0.15, 0.2) is 0 Å². The van der Waals surface area contributed by atoms with Crippen LogP contribution in [0.5, 0.6) is 0 Å². The van der Waals surface area contributed by atoms with E-state index in [9.17, 15) is 13.2 Å². The van der Waals surface area contributed by atoms with Crippen LogP contribution in [0, 0.1) is 6.92 Å². The average Bonchev–Trinajstić information content (AvgIpc) is 3.28. The monoisotopic (exact) mass is 441 g/mol. The van der Waals surface area contributed by atoms with Crippen molar-refractivity contribution in [3.05, 3.63) is 77.7 Å². The van der Waals surface area contributed by atoms with Crippen LogP contribution in [-0.4, -0.2) is 27.4 Å². The molecule has 0 radical (unpaired) electrons. The third kappa shape index (κ3) is 5.53. The highest BCUT2D eigenvalue weighted by molar-refractivity contribution is 7.89. The molecule has 0 spiro atoms. The maximum absolute atomic E-state index is 12.8. The van der Waals surface area contributed by atoms with Crippen molar-refractivity contribution in [2.75, 3.05) is 23.3 Å². The molecule has 0 atom stereocenters. The molecule has 2 N–H and O–H groups in total. The Morgan fingerprint density at radius 3 is 2.35 bits per heavy atom. The van der Waals surface area contributed by atoms with Gasteiger partial charge in [0.25, 0.3) is 5.91 Å². The summed E-state index contributed by atoms with van der Waals surface area (Å²) in [6, 6.07) is 15.5. The molecule has 164 valence electrons. The first-order valence-corrected chi connectivity index (χ1v) is 11.6. The first-order chi connectivity index (χ1) is 14.8. The highest BCUT2D eigenvalue weighted by Gasteiger charge is 2.18. The average molecular weight is 442 g/mol. The second-order valence-corrected chi connectivity index (χ2v) is 8.82. The number of furan rings is 1. The smallest absolute Gasteiger partial charge is 0.255 e. The van der Waals surface area contributed by atoms with Crippen LogP contribution in [0.25, 0.3) is 0 Å². The number of benzene rings is 2. The van der Waals surface area contributed by atoms with Gasteiger partial charge in [-0.15, -0.1) is 0 Å². The fraction of sp³-hybridized carbons (Fsp3) is 0.261. The van der Waals surface area contributed by atoms with Crippen LogP contribution >= 0.6 is 0 Å². The maximum atomic E-state index is 12.8. The third-order valence-corrected chi connectivity index (χ3v) is 6.43. The maximum Gasteiger partial charge on any atom is 0.255 e. The molecule has 1 aromatic heterocycles. The lowest BCUT2D eigenvalue weighted by molar-refractivity contribution is 0.102. The largest absolute Gasteiger partial charge is 0.468 e. The van der Waals surface area contributed by atoms with E-state index in [0.29, 0.717) is 22.6 Å². The Balaban J connectivity index is 1.75. The van der Waals surface area contributed by atoms with Gasteiger partial charge in [0.2, 0.25) is 10.0 Å². The van der Waals surface area contributed by atoms with Crippen molar-refractivity contribution in [3.8, 4) is 0 Å². The van der Waals surface area contributed by atoms with Gasteiger partial charge in [0.1, 0.15) is 5.76 Å². The number of sulfonamides is 1. The number of nitrogens with one attached hydrogen (secondary N) is 2. The number of carbonyl (C=O) groups excluding carboxylic acids is 1. The fourth-order valence-corrected chi connectivity index (χ4v) is 4.24. The highest BCUT2D eigenvalue weighted by atomic mass is 32.2. The molecule has 0 saturated carbocycles. The molecule has 0 unspecified atom stereocenters. The Bertz CT molecular complexity index is 1120. The number of hydrogen-bond acceptors (Lipinski definition) is 5. The number of carbonyl (C=O) groups is 1. The molecule has 2 aromatic carbocycles. The molecule has 1 amide bonds. The molecule has 0 fully saturated rings.